The second-order valence-corrected chi connectivity index (χ2v) is 4.94. The fourth-order valence-corrected chi connectivity index (χ4v) is 2.52. The number of aliphatic imine (C=N–C) groups is 1. The van der Waals surface area contributed by atoms with Crippen molar-refractivity contribution in [3.05, 3.63) is 22.4 Å². The molecule has 1 fully saturated rings. The summed E-state index contributed by atoms with van der Waals surface area (Å²) < 4.78 is 0. The van der Waals surface area contributed by atoms with Gasteiger partial charge in [-0.2, -0.15) is 0 Å². The van der Waals surface area contributed by atoms with E-state index in [1.807, 2.05) is 6.07 Å². The summed E-state index contributed by atoms with van der Waals surface area (Å²) in [6, 6.07) is 4.67. The Morgan fingerprint density at radius 1 is 1.53 bits per heavy atom. The zero-order chi connectivity index (χ0) is 10.5. The van der Waals surface area contributed by atoms with Crippen molar-refractivity contribution in [3.63, 3.8) is 0 Å². The molecule has 1 aromatic heterocycles. The number of nitrogens with zero attached hydrogens (tertiary/aromatic N) is 1. The van der Waals surface area contributed by atoms with Gasteiger partial charge in [-0.1, -0.05) is 18.9 Å². The van der Waals surface area contributed by atoms with E-state index < -0.39 is 0 Å². The van der Waals surface area contributed by atoms with Crippen molar-refractivity contribution in [2.24, 2.45) is 10.7 Å². The van der Waals surface area contributed by atoms with E-state index in [9.17, 15) is 0 Å². The molecule has 1 aliphatic carbocycles. The first kappa shape index (κ1) is 10.5. The molecule has 1 aliphatic rings. The lowest BCUT2D eigenvalue weighted by Gasteiger charge is -2.11. The van der Waals surface area contributed by atoms with E-state index in [1.165, 1.54) is 30.6 Å². The lowest BCUT2D eigenvalue weighted by Crippen LogP contribution is -2.38. The molecule has 4 heteroatoms. The fraction of sp³-hybridized carbons (Fsp3) is 0.545. The average Bonchev–Trinajstić information content (AvgIpc) is 2.86. The van der Waals surface area contributed by atoms with Crippen LogP contribution in [0.5, 0.6) is 0 Å². The van der Waals surface area contributed by atoms with Gasteiger partial charge >= 0.3 is 0 Å². The van der Waals surface area contributed by atoms with Gasteiger partial charge in [-0.3, -0.25) is 0 Å². The van der Waals surface area contributed by atoms with E-state index in [4.69, 9.17) is 5.73 Å². The highest BCUT2D eigenvalue weighted by Gasteiger charge is 2.14. The lowest BCUT2D eigenvalue weighted by atomic mass is 10.2. The molecule has 0 aromatic carbocycles. The third-order valence-electron chi connectivity index (χ3n) is 2.69. The van der Waals surface area contributed by atoms with Gasteiger partial charge in [0.15, 0.2) is 5.96 Å². The van der Waals surface area contributed by atoms with Gasteiger partial charge in [-0.05, 0) is 24.3 Å². The summed E-state index contributed by atoms with van der Waals surface area (Å²) in [5.41, 5.74) is 5.81. The van der Waals surface area contributed by atoms with E-state index in [0.717, 1.165) is 0 Å². The first-order chi connectivity index (χ1) is 7.34. The Bertz CT molecular complexity index is 313. The summed E-state index contributed by atoms with van der Waals surface area (Å²) in [7, 11) is 0. The first-order valence-corrected chi connectivity index (χ1v) is 6.31. The van der Waals surface area contributed by atoms with Gasteiger partial charge in [0.1, 0.15) is 0 Å². The average molecular weight is 223 g/mol. The zero-order valence-corrected chi connectivity index (χ0v) is 9.59. The quantitative estimate of drug-likeness (QED) is 0.609. The molecule has 0 amide bonds. The van der Waals surface area contributed by atoms with Crippen LogP contribution < -0.4 is 11.1 Å². The summed E-state index contributed by atoms with van der Waals surface area (Å²) in [6.07, 6.45) is 5.09. The molecule has 2 rings (SSSR count). The minimum Gasteiger partial charge on any atom is -0.370 e. The Hall–Kier alpha value is -1.03. The lowest BCUT2D eigenvalue weighted by molar-refractivity contribution is 0.625. The molecule has 0 aliphatic heterocycles. The fourth-order valence-electron chi connectivity index (χ4n) is 1.89. The third kappa shape index (κ3) is 3.23. The topological polar surface area (TPSA) is 50.4 Å². The van der Waals surface area contributed by atoms with Crippen molar-refractivity contribution in [1.29, 1.82) is 0 Å². The molecule has 1 aromatic rings. The number of nitrogens with two attached hydrogens (primary N) is 1. The standard InChI is InChI=1S/C11H17N3S/c12-11(14-9-4-1-2-5-9)13-8-10-6-3-7-15-10/h3,6-7,9H,1-2,4-5,8H2,(H3,12,13,14). The van der Waals surface area contributed by atoms with Crippen LogP contribution in [0.15, 0.2) is 22.5 Å². The van der Waals surface area contributed by atoms with E-state index in [-0.39, 0.29) is 0 Å². The number of guanidine groups is 1. The highest BCUT2D eigenvalue weighted by atomic mass is 32.1. The molecule has 3 N–H and O–H groups in total. The molecule has 0 saturated heterocycles. The third-order valence-corrected chi connectivity index (χ3v) is 3.55. The van der Waals surface area contributed by atoms with Crippen LogP contribution in [0.2, 0.25) is 0 Å². The predicted octanol–water partition coefficient (Wildman–Crippen LogP) is 2.09. The van der Waals surface area contributed by atoms with Crippen LogP contribution in [0.4, 0.5) is 0 Å². The monoisotopic (exact) mass is 223 g/mol. The molecule has 3 nitrogen and oxygen atoms in total. The largest absolute Gasteiger partial charge is 0.370 e. The van der Waals surface area contributed by atoms with Crippen molar-refractivity contribution in [2.75, 3.05) is 0 Å². The van der Waals surface area contributed by atoms with E-state index in [1.54, 1.807) is 11.3 Å². The highest BCUT2D eigenvalue weighted by Crippen LogP contribution is 2.17. The Morgan fingerprint density at radius 2 is 2.33 bits per heavy atom. The number of hydrogen-bond acceptors (Lipinski definition) is 2. The summed E-state index contributed by atoms with van der Waals surface area (Å²) >= 11 is 1.72. The van der Waals surface area contributed by atoms with Crippen LogP contribution in [-0.2, 0) is 6.54 Å². The van der Waals surface area contributed by atoms with Crippen LogP contribution in [0.1, 0.15) is 30.6 Å². The van der Waals surface area contributed by atoms with Gasteiger partial charge in [0.05, 0.1) is 6.54 Å². The maximum atomic E-state index is 5.81. The van der Waals surface area contributed by atoms with Crippen molar-refractivity contribution >= 4 is 17.3 Å². The van der Waals surface area contributed by atoms with Gasteiger partial charge in [-0.25, -0.2) is 4.99 Å². The second-order valence-electron chi connectivity index (χ2n) is 3.91. The van der Waals surface area contributed by atoms with Gasteiger partial charge in [-0.15, -0.1) is 11.3 Å². The van der Waals surface area contributed by atoms with Crippen molar-refractivity contribution in [3.8, 4) is 0 Å². The van der Waals surface area contributed by atoms with Crippen molar-refractivity contribution in [1.82, 2.24) is 5.32 Å². The predicted molar refractivity (Wildman–Crippen MR) is 65.0 cm³/mol. The maximum Gasteiger partial charge on any atom is 0.189 e. The van der Waals surface area contributed by atoms with Crippen molar-refractivity contribution in [2.45, 2.75) is 38.3 Å². The molecule has 0 spiro atoms. The van der Waals surface area contributed by atoms with Gasteiger partial charge in [0, 0.05) is 10.9 Å². The Labute approximate surface area is 94.4 Å². The number of nitrogens with one attached hydrogen (secondary N) is 1. The highest BCUT2D eigenvalue weighted by molar-refractivity contribution is 7.09. The van der Waals surface area contributed by atoms with Gasteiger partial charge < -0.3 is 11.1 Å². The van der Waals surface area contributed by atoms with E-state index in [0.29, 0.717) is 18.5 Å². The van der Waals surface area contributed by atoms with Crippen LogP contribution in [0, 0.1) is 0 Å². The summed E-state index contributed by atoms with van der Waals surface area (Å²) in [4.78, 5) is 5.58. The molecule has 1 heterocycles. The Balaban J connectivity index is 1.79. The molecular formula is C11H17N3S. The zero-order valence-electron chi connectivity index (χ0n) is 8.78. The molecule has 0 bridgehead atoms. The van der Waals surface area contributed by atoms with Crippen LogP contribution >= 0.6 is 11.3 Å². The maximum absolute atomic E-state index is 5.81. The van der Waals surface area contributed by atoms with E-state index in [2.05, 4.69) is 21.8 Å². The minimum absolute atomic E-state index is 0.553. The van der Waals surface area contributed by atoms with Gasteiger partial charge in [0.2, 0.25) is 0 Å². The van der Waals surface area contributed by atoms with Crippen LogP contribution in [0.25, 0.3) is 0 Å². The van der Waals surface area contributed by atoms with E-state index >= 15 is 0 Å². The second kappa shape index (κ2) is 5.16. The molecule has 0 radical (unpaired) electrons. The normalized spacial score (nSPS) is 18.3. The minimum atomic E-state index is 0.553. The molecule has 1 saturated carbocycles. The Kier molecular flexibility index (Phi) is 3.61. The van der Waals surface area contributed by atoms with Crippen LogP contribution in [0.3, 0.4) is 0 Å². The molecule has 0 unspecified atom stereocenters. The Morgan fingerprint density at radius 3 is 3.00 bits per heavy atom. The molecule has 0 atom stereocenters. The van der Waals surface area contributed by atoms with Crippen molar-refractivity contribution < 1.29 is 0 Å². The number of hydrogen-bond donors (Lipinski definition) is 2. The molecule has 82 valence electrons. The first-order valence-electron chi connectivity index (χ1n) is 5.43. The summed E-state index contributed by atoms with van der Waals surface area (Å²) in [6.45, 7) is 0.698. The number of rotatable bonds is 3. The summed E-state index contributed by atoms with van der Waals surface area (Å²) in [5.74, 6) is 0.593. The number of thiophene rings is 1. The smallest absolute Gasteiger partial charge is 0.189 e. The van der Waals surface area contributed by atoms with Gasteiger partial charge in [0.25, 0.3) is 0 Å². The van der Waals surface area contributed by atoms with Crippen LogP contribution in [-0.4, -0.2) is 12.0 Å². The molecule has 15 heavy (non-hydrogen) atoms. The SMILES string of the molecule is NC(=NCc1cccs1)NC1CCCC1. The molecular weight excluding hydrogens is 206 g/mol. The summed E-state index contributed by atoms with van der Waals surface area (Å²) in [5, 5.41) is 5.33.